The molecule has 0 aliphatic carbocycles. The summed E-state index contributed by atoms with van der Waals surface area (Å²) in [7, 11) is -5.52. The molecule has 32 heavy (non-hydrogen) atoms. The van der Waals surface area contributed by atoms with E-state index in [9.17, 15) is 30.4 Å². The van der Waals surface area contributed by atoms with Crippen molar-refractivity contribution in [2.24, 2.45) is 0 Å². The average Bonchev–Trinajstić information content (AvgIpc) is 2.75. The van der Waals surface area contributed by atoms with Gasteiger partial charge >= 0.3 is 10.1 Å². The topological polar surface area (TPSA) is 54.4 Å². The molecule has 10 heteroatoms. The molecule has 0 saturated heterocycles. The molecule has 0 aliphatic rings. The van der Waals surface area contributed by atoms with E-state index in [1.807, 2.05) is 0 Å². The van der Waals surface area contributed by atoms with E-state index in [1.54, 1.807) is 0 Å². The highest BCUT2D eigenvalue weighted by molar-refractivity contribution is 7.85. The Kier molecular flexibility index (Phi) is 14.2. The molecule has 0 spiro atoms. The fourth-order valence-corrected chi connectivity index (χ4v) is 4.09. The first kappa shape index (κ1) is 30.7. The number of benzene rings is 1. The molecule has 1 rings (SSSR count). The summed E-state index contributed by atoms with van der Waals surface area (Å²) < 4.78 is 92.7. The molecule has 0 bridgehead atoms. The SMILES string of the molecule is CCCC[N+](CCCC)(CCCC)CCCC.O=S(=O)(O)c1c(F)c(F)c(F)c(F)c1F. The minimum absolute atomic E-state index is 1.35. The molecule has 188 valence electrons. The van der Waals surface area contributed by atoms with E-state index in [-0.39, 0.29) is 0 Å². The van der Waals surface area contributed by atoms with Crippen LogP contribution in [0.3, 0.4) is 0 Å². The van der Waals surface area contributed by atoms with Gasteiger partial charge in [-0.05, 0) is 25.7 Å². The van der Waals surface area contributed by atoms with Crippen LogP contribution < -0.4 is 0 Å². The zero-order valence-corrected chi connectivity index (χ0v) is 20.3. The van der Waals surface area contributed by atoms with Gasteiger partial charge in [0.1, 0.15) is 0 Å². The monoisotopic (exact) mass is 490 g/mol. The molecule has 0 amide bonds. The number of rotatable bonds is 13. The quantitative estimate of drug-likeness (QED) is 0.111. The van der Waals surface area contributed by atoms with Crippen LogP contribution in [-0.4, -0.2) is 43.6 Å². The van der Waals surface area contributed by atoms with Crippen LogP contribution in [0.2, 0.25) is 0 Å². The summed E-state index contributed by atoms with van der Waals surface area (Å²) in [5.41, 5.74) is 0. The van der Waals surface area contributed by atoms with E-state index in [1.165, 1.54) is 82.0 Å². The highest BCUT2D eigenvalue weighted by atomic mass is 32.2. The highest BCUT2D eigenvalue weighted by Crippen LogP contribution is 2.26. The van der Waals surface area contributed by atoms with Gasteiger partial charge < -0.3 is 4.48 Å². The number of hydrogen-bond donors (Lipinski definition) is 1. The number of unbranched alkanes of at least 4 members (excludes halogenated alkanes) is 4. The van der Waals surface area contributed by atoms with E-state index in [4.69, 9.17) is 4.55 Å². The third-order valence-electron chi connectivity index (χ3n) is 5.37. The molecule has 0 aromatic heterocycles. The Morgan fingerprint density at radius 2 is 0.844 bits per heavy atom. The highest BCUT2D eigenvalue weighted by Gasteiger charge is 2.32. The first-order chi connectivity index (χ1) is 14.9. The van der Waals surface area contributed by atoms with Crippen LogP contribution in [0.25, 0.3) is 0 Å². The van der Waals surface area contributed by atoms with Crippen molar-refractivity contribution in [2.75, 3.05) is 26.2 Å². The van der Waals surface area contributed by atoms with E-state index in [2.05, 4.69) is 27.7 Å². The minimum Gasteiger partial charge on any atom is -0.324 e. The molecular weight excluding hydrogens is 453 g/mol. The Morgan fingerprint density at radius 3 is 1.06 bits per heavy atom. The van der Waals surface area contributed by atoms with Crippen molar-refractivity contribution in [1.82, 2.24) is 0 Å². The molecule has 1 N–H and O–H groups in total. The van der Waals surface area contributed by atoms with E-state index in [0.717, 1.165) is 0 Å². The van der Waals surface area contributed by atoms with Gasteiger partial charge in [0.2, 0.25) is 5.82 Å². The average molecular weight is 491 g/mol. The standard InChI is InChI=1S/C16H36N.C6HF5O3S/c1-5-9-13-17(14-10-6-2,15-11-7-3)16-12-8-4;7-1-2(8)4(10)6(15(12,13)14)5(11)3(1)9/h5-16H2,1-4H3;(H,12,13,14)/q+1;. The molecule has 0 radical (unpaired) electrons. The van der Waals surface area contributed by atoms with Crippen molar-refractivity contribution in [3.63, 3.8) is 0 Å². The molecule has 0 saturated carbocycles. The second-order valence-electron chi connectivity index (χ2n) is 8.02. The van der Waals surface area contributed by atoms with Gasteiger partial charge in [-0.3, -0.25) is 4.55 Å². The molecule has 0 heterocycles. The molecular formula is C22H37F5NO3S+. The number of hydrogen-bond acceptors (Lipinski definition) is 2. The van der Waals surface area contributed by atoms with Crippen molar-refractivity contribution < 1.29 is 39.4 Å². The third kappa shape index (κ3) is 9.31. The van der Waals surface area contributed by atoms with Crippen molar-refractivity contribution in [2.45, 2.75) is 84.0 Å². The largest absolute Gasteiger partial charge is 0.324 e. The van der Waals surface area contributed by atoms with Crippen LogP contribution in [0.5, 0.6) is 0 Å². The molecule has 0 atom stereocenters. The normalized spacial score (nSPS) is 11.9. The van der Waals surface area contributed by atoms with Crippen LogP contribution >= 0.6 is 0 Å². The van der Waals surface area contributed by atoms with Crippen LogP contribution in [0.1, 0.15) is 79.1 Å². The Morgan fingerprint density at radius 1 is 0.594 bits per heavy atom. The number of halogens is 5. The molecule has 0 unspecified atom stereocenters. The van der Waals surface area contributed by atoms with Gasteiger partial charge in [-0.15, -0.1) is 0 Å². The summed E-state index contributed by atoms with van der Waals surface area (Å²) in [5, 5.41) is 0. The summed E-state index contributed by atoms with van der Waals surface area (Å²) >= 11 is 0. The van der Waals surface area contributed by atoms with Crippen LogP contribution in [0.15, 0.2) is 4.90 Å². The molecule has 0 aliphatic heterocycles. The Labute approximate surface area is 189 Å². The van der Waals surface area contributed by atoms with Crippen LogP contribution in [0, 0.1) is 29.1 Å². The zero-order valence-electron chi connectivity index (χ0n) is 19.5. The fourth-order valence-electron chi connectivity index (χ4n) is 3.46. The maximum Gasteiger partial charge on any atom is 0.300 e. The molecule has 1 aromatic rings. The predicted molar refractivity (Wildman–Crippen MR) is 115 cm³/mol. The minimum atomic E-state index is -5.52. The van der Waals surface area contributed by atoms with Gasteiger partial charge in [0.15, 0.2) is 28.2 Å². The second kappa shape index (κ2) is 14.8. The Bertz CT molecular complexity index is 737. The van der Waals surface area contributed by atoms with Crippen molar-refractivity contribution in [3.8, 4) is 0 Å². The Hall–Kier alpha value is -1.26. The number of nitrogens with zero attached hydrogens (tertiary/aromatic N) is 1. The van der Waals surface area contributed by atoms with Crippen LogP contribution in [-0.2, 0) is 10.1 Å². The van der Waals surface area contributed by atoms with Gasteiger partial charge in [-0.25, -0.2) is 22.0 Å². The molecule has 4 nitrogen and oxygen atoms in total. The van der Waals surface area contributed by atoms with Gasteiger partial charge in [0, 0.05) is 0 Å². The van der Waals surface area contributed by atoms with Gasteiger partial charge in [-0.2, -0.15) is 8.42 Å². The van der Waals surface area contributed by atoms with Crippen molar-refractivity contribution in [1.29, 1.82) is 0 Å². The number of quaternary nitrogens is 1. The lowest BCUT2D eigenvalue weighted by molar-refractivity contribution is -0.929. The van der Waals surface area contributed by atoms with Crippen molar-refractivity contribution in [3.05, 3.63) is 29.1 Å². The predicted octanol–water partition coefficient (Wildman–Crippen LogP) is 6.63. The maximum atomic E-state index is 12.6. The zero-order chi connectivity index (χ0) is 24.9. The van der Waals surface area contributed by atoms with E-state index >= 15 is 0 Å². The van der Waals surface area contributed by atoms with E-state index in [0.29, 0.717) is 0 Å². The molecule has 1 aromatic carbocycles. The van der Waals surface area contributed by atoms with Gasteiger partial charge in [0.05, 0.1) is 26.2 Å². The fraction of sp³-hybridized carbons (Fsp3) is 0.727. The summed E-state index contributed by atoms with van der Waals surface area (Å²) in [6, 6.07) is 0. The van der Waals surface area contributed by atoms with Gasteiger partial charge in [-0.1, -0.05) is 53.4 Å². The van der Waals surface area contributed by atoms with Gasteiger partial charge in [0.25, 0.3) is 0 Å². The summed E-state index contributed by atoms with van der Waals surface area (Å²) in [6.07, 6.45) is 11.1. The summed E-state index contributed by atoms with van der Waals surface area (Å²) in [6.45, 7) is 15.0. The Balaban J connectivity index is 0.000000604. The second-order valence-corrected chi connectivity index (χ2v) is 9.38. The smallest absolute Gasteiger partial charge is 0.300 e. The lowest BCUT2D eigenvalue weighted by Crippen LogP contribution is -2.50. The third-order valence-corrected chi connectivity index (χ3v) is 6.25. The summed E-state index contributed by atoms with van der Waals surface area (Å²) in [5.74, 6) is -12.6. The molecule has 0 fully saturated rings. The van der Waals surface area contributed by atoms with Crippen molar-refractivity contribution >= 4 is 10.1 Å². The first-order valence-corrected chi connectivity index (χ1v) is 12.7. The lowest BCUT2D eigenvalue weighted by Gasteiger charge is -2.39. The first-order valence-electron chi connectivity index (χ1n) is 11.3. The maximum absolute atomic E-state index is 12.6. The lowest BCUT2D eigenvalue weighted by atomic mass is 10.1. The van der Waals surface area contributed by atoms with E-state index < -0.39 is 44.1 Å². The summed E-state index contributed by atoms with van der Waals surface area (Å²) in [4.78, 5) is -2.26. The van der Waals surface area contributed by atoms with Crippen LogP contribution in [0.4, 0.5) is 22.0 Å².